The molecule has 0 saturated carbocycles. The summed E-state index contributed by atoms with van der Waals surface area (Å²) in [5.41, 5.74) is -0.0173. The van der Waals surface area contributed by atoms with Gasteiger partial charge in [-0.05, 0) is 19.4 Å². The number of nitro groups is 1. The molecule has 29 heavy (non-hydrogen) atoms. The van der Waals surface area contributed by atoms with Gasteiger partial charge in [0.05, 0.1) is 16.7 Å². The zero-order valence-electron chi connectivity index (χ0n) is 16.5. The zero-order valence-corrected chi connectivity index (χ0v) is 17.3. The average molecular weight is 423 g/mol. The largest absolute Gasteiger partial charge is 0.350 e. The third-order valence-electron chi connectivity index (χ3n) is 3.75. The van der Waals surface area contributed by atoms with Crippen molar-refractivity contribution >= 4 is 27.5 Å². The first-order valence-corrected chi connectivity index (χ1v) is 10.6. The summed E-state index contributed by atoms with van der Waals surface area (Å²) < 4.78 is 27.1. The summed E-state index contributed by atoms with van der Waals surface area (Å²) >= 11 is 0. The number of nitrogens with zero attached hydrogens (tertiary/aromatic N) is 2. The second kappa shape index (κ2) is 11.7. The summed E-state index contributed by atoms with van der Waals surface area (Å²) in [6.07, 6.45) is 5.86. The summed E-state index contributed by atoms with van der Waals surface area (Å²) in [6.45, 7) is 7.33. The number of sulfonamides is 1. The number of hydrogen-bond donors (Lipinski definition) is 2. The van der Waals surface area contributed by atoms with Gasteiger partial charge in [0.2, 0.25) is 10.0 Å². The Morgan fingerprint density at radius 2 is 2.14 bits per heavy atom. The van der Waals surface area contributed by atoms with Crippen molar-refractivity contribution in [2.24, 2.45) is 4.99 Å². The van der Waals surface area contributed by atoms with Crippen LogP contribution in [0.15, 0.2) is 54.1 Å². The fourth-order valence-electron chi connectivity index (χ4n) is 2.19. The van der Waals surface area contributed by atoms with Crippen LogP contribution in [-0.2, 0) is 10.0 Å². The monoisotopic (exact) mass is 422 g/mol. The number of aliphatic imine (C=N–C) groups is 1. The molecule has 0 saturated heterocycles. The fraction of sp³-hybridized carbons (Fsp3) is 0.368. The molecule has 10 heteroatoms. The van der Waals surface area contributed by atoms with Gasteiger partial charge in [-0.1, -0.05) is 31.2 Å². The predicted octanol–water partition coefficient (Wildman–Crippen LogP) is 2.57. The van der Waals surface area contributed by atoms with Crippen LogP contribution in [0.5, 0.6) is 0 Å². The molecule has 1 atom stereocenters. The van der Waals surface area contributed by atoms with Crippen molar-refractivity contribution < 1.29 is 18.1 Å². The molecular weight excluding hydrogens is 396 g/mol. The van der Waals surface area contributed by atoms with E-state index >= 15 is 0 Å². The highest BCUT2D eigenvalue weighted by molar-refractivity contribution is 7.90. The number of amidine groups is 1. The number of benzene rings is 1. The van der Waals surface area contributed by atoms with E-state index in [1.807, 2.05) is 6.92 Å². The smallest absolute Gasteiger partial charge is 0.270 e. The summed E-state index contributed by atoms with van der Waals surface area (Å²) in [7, 11) is -3.63. The van der Waals surface area contributed by atoms with Gasteiger partial charge in [-0.15, -0.1) is 6.58 Å². The van der Waals surface area contributed by atoms with Crippen LogP contribution >= 0.6 is 0 Å². The Morgan fingerprint density at radius 3 is 2.76 bits per heavy atom. The van der Waals surface area contributed by atoms with Gasteiger partial charge < -0.3 is 5.32 Å². The minimum Gasteiger partial charge on any atom is -0.350 e. The molecule has 0 radical (unpaired) electrons. The molecular formula is C19H26N4O5S. The van der Waals surface area contributed by atoms with Crippen LogP contribution in [0, 0.1) is 10.1 Å². The first-order valence-electron chi connectivity index (χ1n) is 9.06. The van der Waals surface area contributed by atoms with Crippen molar-refractivity contribution in [3.05, 3.63) is 64.8 Å². The molecule has 9 nitrogen and oxygen atoms in total. The molecule has 0 aliphatic rings. The van der Waals surface area contributed by atoms with Crippen molar-refractivity contribution in [2.75, 3.05) is 13.1 Å². The number of carbonyl (C=O) groups excluding carboxylic acids is 1. The van der Waals surface area contributed by atoms with E-state index in [0.29, 0.717) is 0 Å². The molecule has 0 aliphatic carbocycles. The Kier molecular flexibility index (Phi) is 9.73. The maximum Gasteiger partial charge on any atom is 0.270 e. The molecule has 1 amide bonds. The normalized spacial score (nSPS) is 13.1. The van der Waals surface area contributed by atoms with Gasteiger partial charge in [-0.3, -0.25) is 24.6 Å². The van der Waals surface area contributed by atoms with Crippen LogP contribution < -0.4 is 10.0 Å². The Labute approximate surface area is 170 Å². The first-order chi connectivity index (χ1) is 13.7. The van der Waals surface area contributed by atoms with E-state index in [2.05, 4.69) is 21.6 Å². The standard InChI is InChI=1S/C19H26N4O5S/c1-4-6-9-15(3)29(27,28)22-18(8-5-2)20-12-13-21-19(24)16-10-7-11-17(14-16)23(25)26/h5-7,9-11,14-15H,2,4,8,12-13H2,1,3H3,(H,20,22)(H,21,24)/b9-6-. The van der Waals surface area contributed by atoms with Crippen molar-refractivity contribution in [1.82, 2.24) is 10.0 Å². The number of hydrogen-bond acceptors (Lipinski definition) is 6. The zero-order chi connectivity index (χ0) is 21.9. The Balaban J connectivity index is 2.69. The molecule has 0 aromatic heterocycles. The van der Waals surface area contributed by atoms with E-state index in [1.54, 1.807) is 19.1 Å². The first kappa shape index (κ1) is 24.0. The van der Waals surface area contributed by atoms with E-state index in [4.69, 9.17) is 0 Å². The lowest BCUT2D eigenvalue weighted by molar-refractivity contribution is -0.384. The number of non-ortho nitro benzene ring substituents is 1. The maximum atomic E-state index is 12.3. The van der Waals surface area contributed by atoms with Crippen LogP contribution in [0.4, 0.5) is 5.69 Å². The molecule has 0 bridgehead atoms. The van der Waals surface area contributed by atoms with Gasteiger partial charge >= 0.3 is 0 Å². The second-order valence-corrected chi connectivity index (χ2v) is 8.11. The van der Waals surface area contributed by atoms with Crippen molar-refractivity contribution in [1.29, 1.82) is 0 Å². The van der Waals surface area contributed by atoms with Crippen LogP contribution in [0.1, 0.15) is 37.0 Å². The molecule has 1 aromatic carbocycles. The van der Waals surface area contributed by atoms with E-state index in [0.717, 1.165) is 6.42 Å². The summed E-state index contributed by atoms with van der Waals surface area (Å²) in [5, 5.41) is 12.7. The van der Waals surface area contributed by atoms with Crippen molar-refractivity contribution in [3.63, 3.8) is 0 Å². The quantitative estimate of drug-likeness (QED) is 0.141. The molecule has 0 heterocycles. The Bertz CT molecular complexity index is 894. The number of nitrogens with one attached hydrogen (secondary N) is 2. The topological polar surface area (TPSA) is 131 Å². The summed E-state index contributed by atoms with van der Waals surface area (Å²) in [5.74, 6) is -0.255. The molecule has 0 fully saturated rings. The van der Waals surface area contributed by atoms with E-state index < -0.39 is 26.1 Å². The van der Waals surface area contributed by atoms with Crippen molar-refractivity contribution in [2.45, 2.75) is 31.9 Å². The number of nitro benzene ring substituents is 1. The van der Waals surface area contributed by atoms with Gasteiger partial charge in [0.25, 0.3) is 11.6 Å². The number of allylic oxidation sites excluding steroid dienone is 1. The molecule has 0 spiro atoms. The van der Waals surface area contributed by atoms with Crippen LogP contribution in [0.25, 0.3) is 0 Å². The molecule has 1 rings (SSSR count). The van der Waals surface area contributed by atoms with Gasteiger partial charge in [-0.2, -0.15) is 0 Å². The van der Waals surface area contributed by atoms with Crippen LogP contribution in [0.3, 0.4) is 0 Å². The molecule has 158 valence electrons. The molecule has 1 aromatic rings. The van der Waals surface area contributed by atoms with Gasteiger partial charge in [-0.25, -0.2) is 8.42 Å². The highest BCUT2D eigenvalue weighted by Crippen LogP contribution is 2.12. The number of rotatable bonds is 11. The number of carbonyl (C=O) groups is 1. The molecule has 1 unspecified atom stereocenters. The minimum absolute atomic E-state index is 0.130. The fourth-order valence-corrected chi connectivity index (χ4v) is 3.17. The summed E-state index contributed by atoms with van der Waals surface area (Å²) in [6, 6.07) is 5.37. The Morgan fingerprint density at radius 1 is 1.41 bits per heavy atom. The third kappa shape index (κ3) is 8.26. The second-order valence-electron chi connectivity index (χ2n) is 6.07. The molecule has 0 aliphatic heterocycles. The van der Waals surface area contributed by atoms with Gasteiger partial charge in [0.15, 0.2) is 0 Å². The highest BCUT2D eigenvalue weighted by Gasteiger charge is 2.19. The minimum atomic E-state index is -3.63. The van der Waals surface area contributed by atoms with Gasteiger partial charge in [0.1, 0.15) is 5.84 Å². The van der Waals surface area contributed by atoms with E-state index in [1.165, 1.54) is 30.3 Å². The lowest BCUT2D eigenvalue weighted by Crippen LogP contribution is -2.36. The predicted molar refractivity (Wildman–Crippen MR) is 113 cm³/mol. The van der Waals surface area contributed by atoms with Crippen molar-refractivity contribution in [3.8, 4) is 0 Å². The molecule has 2 N–H and O–H groups in total. The summed E-state index contributed by atoms with van der Waals surface area (Å²) in [4.78, 5) is 26.5. The van der Waals surface area contributed by atoms with Gasteiger partial charge in [0, 0.05) is 30.7 Å². The number of amides is 1. The van der Waals surface area contributed by atoms with E-state index in [9.17, 15) is 23.3 Å². The SMILES string of the molecule is C=CCC(=NCCNC(=O)c1cccc([N+](=O)[O-])c1)NS(=O)(=O)C(C)/C=C\CC. The average Bonchev–Trinajstić information content (AvgIpc) is 2.68. The highest BCUT2D eigenvalue weighted by atomic mass is 32.2. The Hall–Kier alpha value is -3.01. The third-order valence-corrected chi connectivity index (χ3v) is 5.41. The lowest BCUT2D eigenvalue weighted by atomic mass is 10.2. The maximum absolute atomic E-state index is 12.3. The lowest BCUT2D eigenvalue weighted by Gasteiger charge is -2.13. The van der Waals surface area contributed by atoms with Crippen LogP contribution in [-0.4, -0.2) is 43.4 Å². The van der Waals surface area contributed by atoms with Crippen LogP contribution in [0.2, 0.25) is 0 Å². The van der Waals surface area contributed by atoms with E-state index in [-0.39, 0.29) is 36.6 Å².